The van der Waals surface area contributed by atoms with Crippen molar-refractivity contribution in [3.63, 3.8) is 0 Å². The second-order valence-electron chi connectivity index (χ2n) is 7.28. The van der Waals surface area contributed by atoms with E-state index in [0.29, 0.717) is 6.42 Å². The number of carbonyl (C=O) groups is 2. The number of hydrogen-bond acceptors (Lipinski definition) is 3. The number of hydrogen-bond donors (Lipinski definition) is 1. The van der Waals surface area contributed by atoms with Crippen LogP contribution in [0.2, 0.25) is 0 Å². The van der Waals surface area contributed by atoms with E-state index in [0.717, 1.165) is 50.0 Å². The number of piperidine rings is 1. The predicted octanol–water partition coefficient (Wildman–Crippen LogP) is 2.26. The van der Waals surface area contributed by atoms with Crippen LogP contribution < -0.4 is 0 Å². The molecule has 2 fully saturated rings. The van der Waals surface area contributed by atoms with Gasteiger partial charge in [0.2, 0.25) is 0 Å². The molecule has 0 unspecified atom stereocenters. The van der Waals surface area contributed by atoms with Crippen LogP contribution in [0.4, 0.5) is 0 Å². The maximum Gasteiger partial charge on any atom is 0.320 e. The molecule has 0 aliphatic carbocycles. The zero-order valence-electron chi connectivity index (χ0n) is 14.5. The highest BCUT2D eigenvalue weighted by Crippen LogP contribution is 2.43. The molecule has 1 N–H and O–H groups in total. The molecule has 130 valence electrons. The molecule has 2 aliphatic rings. The summed E-state index contributed by atoms with van der Waals surface area (Å²) in [5.74, 6) is -0.617. The van der Waals surface area contributed by atoms with Gasteiger partial charge in [-0.15, -0.1) is 0 Å². The Morgan fingerprint density at radius 1 is 1.25 bits per heavy atom. The highest BCUT2D eigenvalue weighted by molar-refractivity contribution is 5.95. The minimum Gasteiger partial charge on any atom is -0.480 e. The summed E-state index contributed by atoms with van der Waals surface area (Å²) < 4.78 is 0. The van der Waals surface area contributed by atoms with Crippen molar-refractivity contribution in [2.24, 2.45) is 5.41 Å². The SMILES string of the molecule is CCc1ccccc1C(=O)N1CCC2(CC1)C[C@@H](C(=O)O)N(C)C2. The van der Waals surface area contributed by atoms with Gasteiger partial charge in [0, 0.05) is 25.2 Å². The highest BCUT2D eigenvalue weighted by Gasteiger charge is 2.47. The summed E-state index contributed by atoms with van der Waals surface area (Å²) in [6.07, 6.45) is 3.33. The minimum absolute atomic E-state index is 0.0544. The van der Waals surface area contributed by atoms with Crippen molar-refractivity contribution < 1.29 is 14.7 Å². The van der Waals surface area contributed by atoms with Gasteiger partial charge in [-0.3, -0.25) is 14.5 Å². The molecule has 2 heterocycles. The van der Waals surface area contributed by atoms with E-state index in [1.54, 1.807) is 0 Å². The minimum atomic E-state index is -0.732. The van der Waals surface area contributed by atoms with E-state index in [-0.39, 0.29) is 17.4 Å². The quantitative estimate of drug-likeness (QED) is 0.923. The molecule has 0 radical (unpaired) electrons. The smallest absolute Gasteiger partial charge is 0.320 e. The average Bonchev–Trinajstić information content (AvgIpc) is 2.91. The molecular formula is C19H26N2O3. The van der Waals surface area contributed by atoms with Crippen molar-refractivity contribution >= 4 is 11.9 Å². The van der Waals surface area contributed by atoms with Crippen molar-refractivity contribution in [2.45, 2.75) is 38.6 Å². The molecule has 24 heavy (non-hydrogen) atoms. The van der Waals surface area contributed by atoms with Crippen LogP contribution in [0.25, 0.3) is 0 Å². The molecule has 2 aliphatic heterocycles. The van der Waals surface area contributed by atoms with Gasteiger partial charge in [0.05, 0.1) is 0 Å². The Morgan fingerprint density at radius 2 is 1.92 bits per heavy atom. The molecule has 1 amide bonds. The first-order chi connectivity index (χ1) is 11.5. The van der Waals surface area contributed by atoms with Gasteiger partial charge in [-0.05, 0) is 49.8 Å². The number of nitrogens with zero attached hydrogens (tertiary/aromatic N) is 2. The van der Waals surface area contributed by atoms with Gasteiger partial charge in [-0.2, -0.15) is 0 Å². The van der Waals surface area contributed by atoms with Crippen LogP contribution in [0.15, 0.2) is 24.3 Å². The summed E-state index contributed by atoms with van der Waals surface area (Å²) in [6.45, 7) is 4.32. The Bertz CT molecular complexity index is 635. The topological polar surface area (TPSA) is 60.9 Å². The zero-order valence-corrected chi connectivity index (χ0v) is 14.5. The molecule has 0 bridgehead atoms. The molecule has 0 saturated carbocycles. The van der Waals surface area contributed by atoms with Crippen molar-refractivity contribution in [2.75, 3.05) is 26.7 Å². The third-order valence-corrected chi connectivity index (χ3v) is 5.77. The van der Waals surface area contributed by atoms with Crippen LogP contribution in [-0.4, -0.2) is 59.5 Å². The van der Waals surface area contributed by atoms with Gasteiger partial charge in [-0.25, -0.2) is 0 Å². The number of benzene rings is 1. The maximum absolute atomic E-state index is 12.8. The van der Waals surface area contributed by atoms with E-state index < -0.39 is 5.97 Å². The fourth-order valence-corrected chi connectivity index (χ4v) is 4.30. The number of likely N-dealkylation sites (N-methyl/N-ethyl adjacent to an activating group) is 1. The van der Waals surface area contributed by atoms with Crippen molar-refractivity contribution in [1.82, 2.24) is 9.80 Å². The largest absolute Gasteiger partial charge is 0.480 e. The van der Waals surface area contributed by atoms with Gasteiger partial charge < -0.3 is 10.0 Å². The lowest BCUT2D eigenvalue weighted by Crippen LogP contribution is -2.44. The van der Waals surface area contributed by atoms with Crippen LogP contribution in [0.1, 0.15) is 42.1 Å². The number of rotatable bonds is 3. The molecule has 0 aromatic heterocycles. The van der Waals surface area contributed by atoms with Gasteiger partial charge in [0.1, 0.15) is 6.04 Å². The van der Waals surface area contributed by atoms with E-state index in [9.17, 15) is 14.7 Å². The Kier molecular flexibility index (Phi) is 4.63. The molecule has 1 aromatic carbocycles. The number of carboxylic acids is 1. The molecule has 5 heteroatoms. The van der Waals surface area contributed by atoms with E-state index >= 15 is 0 Å². The summed E-state index contributed by atoms with van der Waals surface area (Å²) in [5, 5.41) is 9.34. The fraction of sp³-hybridized carbons (Fsp3) is 0.579. The molecule has 2 saturated heterocycles. The van der Waals surface area contributed by atoms with E-state index in [1.807, 2.05) is 41.1 Å². The average molecular weight is 330 g/mol. The Morgan fingerprint density at radius 3 is 2.50 bits per heavy atom. The Labute approximate surface area is 143 Å². The van der Waals surface area contributed by atoms with Gasteiger partial charge in [0.25, 0.3) is 5.91 Å². The molecule has 1 aromatic rings. The normalized spacial score (nSPS) is 23.6. The van der Waals surface area contributed by atoms with Gasteiger partial charge in [-0.1, -0.05) is 25.1 Å². The Hall–Kier alpha value is -1.88. The monoisotopic (exact) mass is 330 g/mol. The van der Waals surface area contributed by atoms with Crippen LogP contribution in [0, 0.1) is 5.41 Å². The first-order valence-electron chi connectivity index (χ1n) is 8.76. The molecule has 1 spiro atoms. The third kappa shape index (κ3) is 3.05. The van der Waals surface area contributed by atoms with Crippen molar-refractivity contribution in [3.05, 3.63) is 35.4 Å². The number of amides is 1. The van der Waals surface area contributed by atoms with E-state index in [1.165, 1.54) is 0 Å². The summed E-state index contributed by atoms with van der Waals surface area (Å²) in [5.41, 5.74) is 1.95. The summed E-state index contributed by atoms with van der Waals surface area (Å²) in [4.78, 5) is 28.1. The first kappa shape index (κ1) is 17.0. The number of aryl methyl sites for hydroxylation is 1. The molecule has 3 rings (SSSR count). The highest BCUT2D eigenvalue weighted by atomic mass is 16.4. The van der Waals surface area contributed by atoms with Crippen molar-refractivity contribution in [3.8, 4) is 0 Å². The van der Waals surface area contributed by atoms with Crippen molar-refractivity contribution in [1.29, 1.82) is 0 Å². The van der Waals surface area contributed by atoms with Crippen LogP contribution in [0.5, 0.6) is 0 Å². The van der Waals surface area contributed by atoms with Crippen LogP contribution in [0.3, 0.4) is 0 Å². The number of carbonyl (C=O) groups excluding carboxylic acids is 1. The van der Waals surface area contributed by atoms with E-state index in [2.05, 4.69) is 6.92 Å². The lowest BCUT2D eigenvalue weighted by Gasteiger charge is -2.39. The summed E-state index contributed by atoms with van der Waals surface area (Å²) in [6, 6.07) is 7.44. The van der Waals surface area contributed by atoms with Crippen LogP contribution in [-0.2, 0) is 11.2 Å². The third-order valence-electron chi connectivity index (χ3n) is 5.77. The lowest BCUT2D eigenvalue weighted by molar-refractivity contribution is -0.141. The Balaban J connectivity index is 1.67. The number of aliphatic carboxylic acids is 1. The number of carboxylic acid groups (broad SMARTS) is 1. The molecular weight excluding hydrogens is 304 g/mol. The zero-order chi connectivity index (χ0) is 17.3. The second kappa shape index (κ2) is 6.55. The van der Waals surface area contributed by atoms with Gasteiger partial charge >= 0.3 is 5.97 Å². The standard InChI is InChI=1S/C19H26N2O3/c1-3-14-6-4-5-7-15(14)17(22)21-10-8-19(9-11-21)12-16(18(23)24)20(2)13-19/h4-7,16H,3,8-13H2,1-2H3,(H,23,24)/t16-/m0/s1. The predicted molar refractivity (Wildman–Crippen MR) is 92.1 cm³/mol. The summed E-state index contributed by atoms with van der Waals surface area (Å²) in [7, 11) is 1.89. The van der Waals surface area contributed by atoms with Gasteiger partial charge in [0.15, 0.2) is 0 Å². The fourth-order valence-electron chi connectivity index (χ4n) is 4.30. The first-order valence-corrected chi connectivity index (χ1v) is 8.76. The lowest BCUT2D eigenvalue weighted by atomic mass is 9.76. The van der Waals surface area contributed by atoms with Crippen LogP contribution >= 0.6 is 0 Å². The summed E-state index contributed by atoms with van der Waals surface area (Å²) >= 11 is 0. The van der Waals surface area contributed by atoms with E-state index in [4.69, 9.17) is 0 Å². The number of likely N-dealkylation sites (tertiary alicyclic amines) is 2. The second-order valence-corrected chi connectivity index (χ2v) is 7.28. The maximum atomic E-state index is 12.8. The molecule has 1 atom stereocenters. The molecule has 5 nitrogen and oxygen atoms in total.